The van der Waals surface area contributed by atoms with Crippen LogP contribution in [0.25, 0.3) is 76.8 Å². The highest BCUT2D eigenvalue weighted by Crippen LogP contribution is 2.48. The molecule has 0 amide bonds. The van der Waals surface area contributed by atoms with Crippen LogP contribution in [0.3, 0.4) is 0 Å². The van der Waals surface area contributed by atoms with Gasteiger partial charge in [0, 0.05) is 16.6 Å². The Morgan fingerprint density at radius 3 is 1.36 bits per heavy atom. The van der Waals surface area contributed by atoms with Gasteiger partial charge in [0.25, 0.3) is 0 Å². The van der Waals surface area contributed by atoms with Crippen LogP contribution in [0.2, 0.25) is 0 Å². The summed E-state index contributed by atoms with van der Waals surface area (Å²) in [6.45, 7) is 0. The highest BCUT2D eigenvalue weighted by Gasteiger charge is 2.23. The molecule has 55 heavy (non-hydrogen) atoms. The first-order valence-corrected chi connectivity index (χ1v) is 18.9. The number of benzene rings is 10. The van der Waals surface area contributed by atoms with Gasteiger partial charge in [-0.2, -0.15) is 0 Å². The van der Waals surface area contributed by atoms with E-state index in [1.807, 2.05) is 0 Å². The molecule has 0 aliphatic rings. The maximum absolute atomic E-state index is 2.49. The Bertz CT molecular complexity index is 2950. The van der Waals surface area contributed by atoms with Crippen molar-refractivity contribution in [2.24, 2.45) is 0 Å². The molecular weight excluding hydrogens is 663 g/mol. The minimum absolute atomic E-state index is 1.09. The van der Waals surface area contributed by atoms with E-state index >= 15 is 0 Å². The van der Waals surface area contributed by atoms with Crippen LogP contribution in [0.5, 0.6) is 0 Å². The van der Waals surface area contributed by atoms with Gasteiger partial charge >= 0.3 is 0 Å². The largest absolute Gasteiger partial charge is 0.309 e. The first-order chi connectivity index (χ1) is 27.3. The van der Waals surface area contributed by atoms with Crippen LogP contribution in [-0.4, -0.2) is 0 Å². The van der Waals surface area contributed by atoms with E-state index < -0.39 is 0 Å². The zero-order valence-corrected chi connectivity index (χ0v) is 30.3. The minimum Gasteiger partial charge on any atom is -0.309 e. The number of rotatable bonds is 7. The van der Waals surface area contributed by atoms with Gasteiger partial charge in [-0.15, -0.1) is 0 Å². The Hall–Kier alpha value is -7.22. The zero-order chi connectivity index (χ0) is 36.6. The van der Waals surface area contributed by atoms with Crippen molar-refractivity contribution in [3.8, 4) is 44.5 Å². The molecule has 10 rings (SSSR count). The first-order valence-electron chi connectivity index (χ1n) is 18.9. The van der Waals surface area contributed by atoms with Gasteiger partial charge in [-0.05, 0) is 90.1 Å². The van der Waals surface area contributed by atoms with Crippen molar-refractivity contribution in [1.82, 2.24) is 0 Å². The summed E-state index contributed by atoms with van der Waals surface area (Å²) in [5, 5.41) is 7.36. The van der Waals surface area contributed by atoms with Crippen molar-refractivity contribution in [3.63, 3.8) is 0 Å². The lowest BCUT2D eigenvalue weighted by Gasteiger charge is -2.30. The fraction of sp³-hybridized carbons (Fsp3) is 0. The Balaban J connectivity index is 1.28. The van der Waals surface area contributed by atoms with Gasteiger partial charge in [0.05, 0.1) is 11.4 Å². The maximum atomic E-state index is 2.49. The highest BCUT2D eigenvalue weighted by molar-refractivity contribution is 6.16. The van der Waals surface area contributed by atoms with Crippen LogP contribution in [0.1, 0.15) is 0 Å². The van der Waals surface area contributed by atoms with E-state index in [1.54, 1.807) is 0 Å². The number of fused-ring (bicyclic) bond motifs is 4. The Labute approximate surface area is 322 Å². The second-order valence-electron chi connectivity index (χ2n) is 14.1. The van der Waals surface area contributed by atoms with Gasteiger partial charge in [0.15, 0.2) is 0 Å². The topological polar surface area (TPSA) is 3.24 Å². The number of anilines is 3. The molecule has 0 unspecified atom stereocenters. The van der Waals surface area contributed by atoms with Crippen molar-refractivity contribution in [2.45, 2.75) is 0 Å². The summed E-state index contributed by atoms with van der Waals surface area (Å²) in [6.07, 6.45) is 0. The molecule has 1 heteroatoms. The van der Waals surface area contributed by atoms with E-state index in [4.69, 9.17) is 0 Å². The third-order valence-electron chi connectivity index (χ3n) is 10.9. The van der Waals surface area contributed by atoms with Crippen molar-refractivity contribution in [2.75, 3.05) is 4.90 Å². The molecule has 0 saturated carbocycles. The molecule has 0 saturated heterocycles. The molecule has 0 heterocycles. The number of hydrogen-bond acceptors (Lipinski definition) is 1. The molecular formula is C54H37N. The zero-order valence-electron chi connectivity index (χ0n) is 30.3. The minimum atomic E-state index is 1.09. The van der Waals surface area contributed by atoms with Crippen LogP contribution in [0.15, 0.2) is 224 Å². The SMILES string of the molecule is c1ccc(-c2ccc(N(c3cc(-c4ccccc4)ccc3-c3ccc(-c4ccccc4)c4ccccc34)c3cc4ccccc4c4ccccc34)cc2)cc1. The number of nitrogens with zero attached hydrogens (tertiary/aromatic N) is 1. The predicted molar refractivity (Wildman–Crippen MR) is 235 cm³/mol. The lowest BCUT2D eigenvalue weighted by atomic mass is 9.89. The van der Waals surface area contributed by atoms with Crippen LogP contribution in [0.4, 0.5) is 17.1 Å². The molecule has 0 atom stereocenters. The van der Waals surface area contributed by atoms with E-state index in [0.717, 1.165) is 17.1 Å². The van der Waals surface area contributed by atoms with Gasteiger partial charge in [0.1, 0.15) is 0 Å². The summed E-state index contributed by atoms with van der Waals surface area (Å²) in [5.41, 5.74) is 12.9. The highest BCUT2D eigenvalue weighted by atomic mass is 15.1. The van der Waals surface area contributed by atoms with Gasteiger partial charge in [-0.25, -0.2) is 0 Å². The molecule has 0 aromatic heterocycles. The Morgan fingerprint density at radius 2 is 0.691 bits per heavy atom. The van der Waals surface area contributed by atoms with Gasteiger partial charge in [-0.3, -0.25) is 0 Å². The number of hydrogen-bond donors (Lipinski definition) is 0. The molecule has 0 radical (unpaired) electrons. The standard InChI is InChI=1S/C54H37N/c1-4-16-38(17-5-1)40-28-31-44(32-29-40)55(54-37-43-22-10-11-23-45(43)48-25-14-15-27-51(48)54)53-36-42(39-18-6-2-7-19-39)30-33-52(53)50-35-34-46(41-20-8-3-9-21-41)47-24-12-13-26-49(47)50/h1-37H. The molecule has 10 aromatic rings. The average molecular weight is 700 g/mol. The fourth-order valence-electron chi connectivity index (χ4n) is 8.22. The maximum Gasteiger partial charge on any atom is 0.0546 e. The molecule has 0 aliphatic carbocycles. The first kappa shape index (κ1) is 32.4. The molecule has 0 fully saturated rings. The summed E-state index contributed by atoms with van der Waals surface area (Å²) in [5.74, 6) is 0. The van der Waals surface area contributed by atoms with Crippen molar-refractivity contribution in [3.05, 3.63) is 224 Å². The van der Waals surface area contributed by atoms with E-state index in [1.165, 1.54) is 76.8 Å². The molecule has 0 N–H and O–H groups in total. The monoisotopic (exact) mass is 699 g/mol. The summed E-state index contributed by atoms with van der Waals surface area (Å²) in [6, 6.07) is 81.6. The van der Waals surface area contributed by atoms with E-state index in [2.05, 4.69) is 229 Å². The van der Waals surface area contributed by atoms with Crippen LogP contribution < -0.4 is 4.90 Å². The van der Waals surface area contributed by atoms with Crippen LogP contribution >= 0.6 is 0 Å². The average Bonchev–Trinajstić information content (AvgIpc) is 3.27. The second kappa shape index (κ2) is 14.0. The summed E-state index contributed by atoms with van der Waals surface area (Å²) >= 11 is 0. The van der Waals surface area contributed by atoms with Gasteiger partial charge < -0.3 is 4.90 Å². The molecule has 258 valence electrons. The fourth-order valence-corrected chi connectivity index (χ4v) is 8.22. The lowest BCUT2D eigenvalue weighted by Crippen LogP contribution is -2.12. The Kier molecular flexibility index (Phi) is 8.24. The third kappa shape index (κ3) is 5.93. The molecule has 0 spiro atoms. The molecule has 10 aromatic carbocycles. The van der Waals surface area contributed by atoms with Crippen LogP contribution in [0, 0.1) is 0 Å². The van der Waals surface area contributed by atoms with E-state index in [0.29, 0.717) is 0 Å². The predicted octanol–water partition coefficient (Wildman–Crippen LogP) is 15.3. The molecule has 0 aliphatic heterocycles. The van der Waals surface area contributed by atoms with Gasteiger partial charge in [-0.1, -0.05) is 200 Å². The second-order valence-corrected chi connectivity index (χ2v) is 14.1. The quantitative estimate of drug-likeness (QED) is 0.150. The normalized spacial score (nSPS) is 11.3. The molecule has 0 bridgehead atoms. The van der Waals surface area contributed by atoms with Crippen LogP contribution in [-0.2, 0) is 0 Å². The lowest BCUT2D eigenvalue weighted by molar-refractivity contribution is 1.30. The summed E-state index contributed by atoms with van der Waals surface area (Å²) in [7, 11) is 0. The van der Waals surface area contributed by atoms with Gasteiger partial charge in [0.2, 0.25) is 0 Å². The van der Waals surface area contributed by atoms with Crippen molar-refractivity contribution in [1.29, 1.82) is 0 Å². The Morgan fingerprint density at radius 1 is 0.236 bits per heavy atom. The van der Waals surface area contributed by atoms with Crippen molar-refractivity contribution >= 4 is 49.4 Å². The van der Waals surface area contributed by atoms with E-state index in [-0.39, 0.29) is 0 Å². The summed E-state index contributed by atoms with van der Waals surface area (Å²) < 4.78 is 0. The third-order valence-corrected chi connectivity index (χ3v) is 10.9. The van der Waals surface area contributed by atoms with E-state index in [9.17, 15) is 0 Å². The molecule has 1 nitrogen and oxygen atoms in total. The van der Waals surface area contributed by atoms with Crippen molar-refractivity contribution < 1.29 is 0 Å². The summed E-state index contributed by atoms with van der Waals surface area (Å²) in [4.78, 5) is 2.49. The smallest absolute Gasteiger partial charge is 0.0546 e.